The van der Waals surface area contributed by atoms with Gasteiger partial charge in [0.1, 0.15) is 0 Å². The third-order valence-corrected chi connectivity index (χ3v) is 7.40. The summed E-state index contributed by atoms with van der Waals surface area (Å²) >= 11 is 0. The number of likely N-dealkylation sites (tertiary alicyclic amines) is 1. The Labute approximate surface area is 171 Å². The molecule has 25 heavy (non-hydrogen) atoms. The molecule has 8 heteroatoms. The van der Waals surface area contributed by atoms with Gasteiger partial charge in [0, 0.05) is 33.2 Å². The Morgan fingerprint density at radius 2 is 1.88 bits per heavy atom. The molecule has 1 saturated heterocycles. The summed E-state index contributed by atoms with van der Waals surface area (Å²) < 4.78 is 23.7. The largest absolute Gasteiger partial charge is 0.355 e. The molecule has 1 N–H and O–H groups in total. The molecule has 1 rings (SSSR count). The van der Waals surface area contributed by atoms with Crippen molar-refractivity contribution in [2.24, 2.45) is 10.9 Å². The van der Waals surface area contributed by atoms with Crippen LogP contribution in [0.15, 0.2) is 4.99 Å². The molecule has 0 saturated carbocycles. The number of nitrogens with zero attached hydrogens (tertiary/aromatic N) is 3. The lowest BCUT2D eigenvalue weighted by atomic mass is 10.1. The molecule has 6 nitrogen and oxygen atoms in total. The van der Waals surface area contributed by atoms with E-state index in [1.54, 1.807) is 27.8 Å². The number of hydrogen-bond acceptors (Lipinski definition) is 4. The first-order valence-corrected chi connectivity index (χ1v) is 10.7. The Balaban J connectivity index is 0.00000576. The summed E-state index contributed by atoms with van der Waals surface area (Å²) in [6.07, 6.45) is 1.16. The van der Waals surface area contributed by atoms with E-state index in [4.69, 9.17) is 0 Å². The van der Waals surface area contributed by atoms with E-state index in [9.17, 15) is 8.42 Å². The van der Waals surface area contributed by atoms with E-state index in [-0.39, 0.29) is 29.7 Å². The van der Waals surface area contributed by atoms with Crippen LogP contribution in [0, 0.1) is 5.92 Å². The third kappa shape index (κ3) is 7.58. The minimum Gasteiger partial charge on any atom is -0.355 e. The van der Waals surface area contributed by atoms with E-state index >= 15 is 0 Å². The molecule has 0 aromatic carbocycles. The summed E-state index contributed by atoms with van der Waals surface area (Å²) in [6, 6.07) is 0. The zero-order valence-corrected chi connectivity index (χ0v) is 19.9. The second kappa shape index (κ2) is 10.9. The summed E-state index contributed by atoms with van der Waals surface area (Å²) in [5.41, 5.74) is 0. The smallest absolute Gasteiger partial charge is 0.193 e. The Bertz CT molecular complexity index is 513. The number of guanidine groups is 1. The molecule has 0 bridgehead atoms. The zero-order chi connectivity index (χ0) is 18.4. The standard InChI is InChI=1S/C17H36N4O2S.HI/c1-7-20(8-2)13-15-9-11-21(14-15)16(18-6)19-10-12-24(22,23)17(3,4)5;/h15H,7-14H2,1-6H3,(H,18,19);1H. The lowest BCUT2D eigenvalue weighted by Gasteiger charge is -2.25. The van der Waals surface area contributed by atoms with Crippen molar-refractivity contribution in [3.05, 3.63) is 0 Å². The van der Waals surface area contributed by atoms with E-state index in [1.807, 2.05) is 0 Å². The lowest BCUT2D eigenvalue weighted by Crippen LogP contribution is -2.43. The molecule has 0 amide bonds. The summed E-state index contributed by atoms with van der Waals surface area (Å²) in [5, 5.41) is 3.22. The Morgan fingerprint density at radius 1 is 1.28 bits per heavy atom. The average Bonchev–Trinajstić information content (AvgIpc) is 2.96. The predicted molar refractivity (Wildman–Crippen MR) is 118 cm³/mol. The van der Waals surface area contributed by atoms with Crippen LogP contribution in [0.25, 0.3) is 0 Å². The van der Waals surface area contributed by atoms with Crippen molar-refractivity contribution in [1.82, 2.24) is 15.1 Å². The fraction of sp³-hybridized carbons (Fsp3) is 0.941. The summed E-state index contributed by atoms with van der Waals surface area (Å²) in [7, 11) is -1.34. The molecule has 1 fully saturated rings. The monoisotopic (exact) mass is 488 g/mol. The van der Waals surface area contributed by atoms with Gasteiger partial charge in [0.15, 0.2) is 15.8 Å². The molecular weight excluding hydrogens is 451 g/mol. The van der Waals surface area contributed by atoms with E-state index in [1.165, 1.54) is 0 Å². The van der Waals surface area contributed by atoms with Crippen molar-refractivity contribution in [2.45, 2.75) is 45.8 Å². The summed E-state index contributed by atoms with van der Waals surface area (Å²) in [6.45, 7) is 15.3. The topological polar surface area (TPSA) is 65.0 Å². The number of halogens is 1. The molecule has 1 aliphatic rings. The van der Waals surface area contributed by atoms with Gasteiger partial charge < -0.3 is 15.1 Å². The van der Waals surface area contributed by atoms with Crippen LogP contribution in [0.5, 0.6) is 0 Å². The molecule has 0 aliphatic carbocycles. The van der Waals surface area contributed by atoms with Crippen LogP contribution >= 0.6 is 24.0 Å². The van der Waals surface area contributed by atoms with Gasteiger partial charge in [-0.05, 0) is 46.2 Å². The quantitative estimate of drug-likeness (QED) is 0.338. The molecule has 1 heterocycles. The lowest BCUT2D eigenvalue weighted by molar-refractivity contribution is 0.255. The van der Waals surface area contributed by atoms with Gasteiger partial charge >= 0.3 is 0 Å². The number of hydrogen-bond donors (Lipinski definition) is 1. The minimum atomic E-state index is -3.10. The Kier molecular flexibility index (Phi) is 10.9. The number of aliphatic imine (C=N–C) groups is 1. The fourth-order valence-corrected chi connectivity index (χ4v) is 3.94. The number of nitrogens with one attached hydrogen (secondary N) is 1. The highest BCUT2D eigenvalue weighted by Gasteiger charge is 2.29. The highest BCUT2D eigenvalue weighted by atomic mass is 127. The minimum absolute atomic E-state index is 0. The normalized spacial score (nSPS) is 19.2. The number of sulfone groups is 1. The van der Waals surface area contributed by atoms with Crippen molar-refractivity contribution in [2.75, 3.05) is 52.1 Å². The van der Waals surface area contributed by atoms with Gasteiger partial charge in [-0.15, -0.1) is 24.0 Å². The Morgan fingerprint density at radius 3 is 2.36 bits per heavy atom. The molecular formula is C17H37IN4O2S. The van der Waals surface area contributed by atoms with Crippen molar-refractivity contribution < 1.29 is 8.42 Å². The van der Waals surface area contributed by atoms with E-state index in [0.29, 0.717) is 12.5 Å². The first-order valence-electron chi connectivity index (χ1n) is 9.04. The van der Waals surface area contributed by atoms with Gasteiger partial charge in [0.2, 0.25) is 0 Å². The highest BCUT2D eigenvalue weighted by Crippen LogP contribution is 2.18. The second-order valence-corrected chi connectivity index (χ2v) is 10.4. The van der Waals surface area contributed by atoms with Gasteiger partial charge in [-0.1, -0.05) is 13.8 Å². The van der Waals surface area contributed by atoms with Crippen molar-refractivity contribution in [3.63, 3.8) is 0 Å². The summed E-state index contributed by atoms with van der Waals surface area (Å²) in [4.78, 5) is 9.04. The van der Waals surface area contributed by atoms with Crippen LogP contribution in [0.3, 0.4) is 0 Å². The molecule has 0 aromatic rings. The van der Waals surface area contributed by atoms with Gasteiger partial charge in [-0.3, -0.25) is 4.99 Å². The van der Waals surface area contributed by atoms with Crippen LogP contribution in [0.1, 0.15) is 41.0 Å². The van der Waals surface area contributed by atoms with Crippen LogP contribution in [0.2, 0.25) is 0 Å². The predicted octanol–water partition coefficient (Wildman–Crippen LogP) is 2.06. The SMILES string of the molecule is CCN(CC)CC1CCN(C(=NC)NCCS(=O)(=O)C(C)(C)C)C1.I. The maximum absolute atomic E-state index is 12.2. The van der Waals surface area contributed by atoms with Gasteiger partial charge in [0.05, 0.1) is 10.5 Å². The summed E-state index contributed by atoms with van der Waals surface area (Å²) in [5.74, 6) is 1.61. The molecule has 0 aromatic heterocycles. The molecule has 1 atom stereocenters. The molecule has 1 unspecified atom stereocenters. The number of rotatable bonds is 7. The van der Waals surface area contributed by atoms with Crippen LogP contribution in [-0.4, -0.2) is 81.0 Å². The van der Waals surface area contributed by atoms with E-state index < -0.39 is 14.6 Å². The van der Waals surface area contributed by atoms with E-state index in [2.05, 4.69) is 34.0 Å². The average molecular weight is 488 g/mol. The molecule has 0 radical (unpaired) electrons. The molecule has 150 valence electrons. The second-order valence-electron chi connectivity index (χ2n) is 7.49. The van der Waals surface area contributed by atoms with Gasteiger partial charge in [-0.25, -0.2) is 8.42 Å². The Hall–Kier alpha value is -0.0900. The van der Waals surface area contributed by atoms with Gasteiger partial charge in [-0.2, -0.15) is 0 Å². The zero-order valence-electron chi connectivity index (χ0n) is 16.7. The van der Waals surface area contributed by atoms with Crippen molar-refractivity contribution in [1.29, 1.82) is 0 Å². The maximum Gasteiger partial charge on any atom is 0.193 e. The maximum atomic E-state index is 12.2. The van der Waals surface area contributed by atoms with Crippen LogP contribution in [-0.2, 0) is 9.84 Å². The third-order valence-electron chi connectivity index (χ3n) is 4.79. The molecule has 1 aliphatic heterocycles. The van der Waals surface area contributed by atoms with Gasteiger partial charge in [0.25, 0.3) is 0 Å². The first-order chi connectivity index (χ1) is 11.1. The molecule has 0 spiro atoms. The highest BCUT2D eigenvalue weighted by molar-refractivity contribution is 14.0. The van der Waals surface area contributed by atoms with Crippen molar-refractivity contribution in [3.8, 4) is 0 Å². The fourth-order valence-electron chi connectivity index (χ4n) is 2.96. The van der Waals surface area contributed by atoms with Crippen LogP contribution in [0.4, 0.5) is 0 Å². The van der Waals surface area contributed by atoms with Crippen molar-refractivity contribution >= 4 is 39.8 Å². The van der Waals surface area contributed by atoms with E-state index in [0.717, 1.165) is 45.1 Å². The van der Waals surface area contributed by atoms with Crippen LogP contribution < -0.4 is 5.32 Å². The first kappa shape index (κ1) is 24.9.